The summed E-state index contributed by atoms with van der Waals surface area (Å²) in [6.45, 7) is 23.1. The molecule has 1 nitrogen and oxygen atoms in total. The maximum Gasteiger partial charge on any atom is 0.140 e. The molecule has 0 amide bonds. The van der Waals surface area contributed by atoms with E-state index in [-0.39, 0.29) is 11.8 Å². The zero-order valence-electron chi connectivity index (χ0n) is 16.7. The molecule has 1 aliphatic rings. The number of rotatable bonds is 5. The van der Waals surface area contributed by atoms with Crippen LogP contribution in [0.1, 0.15) is 69.2 Å². The van der Waals surface area contributed by atoms with Crippen molar-refractivity contribution in [3.8, 4) is 0 Å². The second-order valence-corrected chi connectivity index (χ2v) is 9.41. The Kier molecular flexibility index (Phi) is 6.72. The van der Waals surface area contributed by atoms with Crippen LogP contribution in [0.4, 0.5) is 0 Å². The summed E-state index contributed by atoms with van der Waals surface area (Å²) in [5.41, 5.74) is 0. The molecular formula is C21H40O. The summed E-state index contributed by atoms with van der Waals surface area (Å²) in [5.74, 6) is 5.52. The van der Waals surface area contributed by atoms with Gasteiger partial charge in [0.2, 0.25) is 0 Å². The molecule has 0 radical (unpaired) electrons. The van der Waals surface area contributed by atoms with Crippen molar-refractivity contribution in [1.29, 1.82) is 0 Å². The van der Waals surface area contributed by atoms with Crippen molar-refractivity contribution in [2.24, 2.45) is 59.2 Å². The predicted octanol–water partition coefficient (Wildman–Crippen LogP) is 5.93. The summed E-state index contributed by atoms with van der Waals surface area (Å²) in [4.78, 5) is 13.4. The lowest BCUT2D eigenvalue weighted by atomic mass is 9.50. The van der Waals surface area contributed by atoms with Crippen molar-refractivity contribution in [3.05, 3.63) is 0 Å². The maximum atomic E-state index is 13.4. The molecule has 1 heteroatoms. The Morgan fingerprint density at radius 1 is 0.500 bits per heavy atom. The van der Waals surface area contributed by atoms with Crippen LogP contribution in [0.15, 0.2) is 0 Å². The fourth-order valence-corrected chi connectivity index (χ4v) is 5.49. The largest absolute Gasteiger partial charge is 0.299 e. The van der Waals surface area contributed by atoms with Crippen LogP contribution in [-0.4, -0.2) is 5.78 Å². The standard InChI is InChI=1S/C21H40O/c1-11(2)16-17(12(3)4)19(14(7)8)21(22)20(15(9)10)18(16)13(5)6/h11-20H,1-10H3. The molecule has 0 spiro atoms. The third-order valence-electron chi connectivity index (χ3n) is 6.12. The molecule has 1 rings (SSSR count). The Morgan fingerprint density at radius 2 is 0.773 bits per heavy atom. The van der Waals surface area contributed by atoms with Crippen molar-refractivity contribution < 1.29 is 4.79 Å². The van der Waals surface area contributed by atoms with Gasteiger partial charge < -0.3 is 0 Å². The van der Waals surface area contributed by atoms with E-state index in [9.17, 15) is 4.79 Å². The molecule has 0 aromatic rings. The lowest BCUT2D eigenvalue weighted by Gasteiger charge is -2.53. The minimum absolute atomic E-state index is 0.245. The molecule has 0 saturated heterocycles. The highest BCUT2D eigenvalue weighted by Crippen LogP contribution is 2.53. The van der Waals surface area contributed by atoms with E-state index in [1.165, 1.54) is 0 Å². The molecule has 0 bridgehead atoms. The summed E-state index contributed by atoms with van der Waals surface area (Å²) >= 11 is 0. The van der Waals surface area contributed by atoms with E-state index in [2.05, 4.69) is 69.2 Å². The Balaban J connectivity index is 3.46. The minimum Gasteiger partial charge on any atom is -0.299 e. The van der Waals surface area contributed by atoms with Gasteiger partial charge in [-0.05, 0) is 47.3 Å². The molecule has 130 valence electrons. The first kappa shape index (κ1) is 19.7. The zero-order valence-corrected chi connectivity index (χ0v) is 16.7. The van der Waals surface area contributed by atoms with Gasteiger partial charge in [0.1, 0.15) is 5.78 Å². The number of carbonyl (C=O) groups excluding carboxylic acids is 1. The minimum atomic E-state index is 0.245. The van der Waals surface area contributed by atoms with E-state index in [0.29, 0.717) is 53.1 Å². The van der Waals surface area contributed by atoms with Crippen LogP contribution in [-0.2, 0) is 4.79 Å². The summed E-state index contributed by atoms with van der Waals surface area (Å²) in [7, 11) is 0. The summed E-state index contributed by atoms with van der Waals surface area (Å²) in [5, 5.41) is 0. The van der Waals surface area contributed by atoms with Crippen LogP contribution in [0, 0.1) is 59.2 Å². The second kappa shape index (κ2) is 7.49. The molecule has 0 N–H and O–H groups in total. The first-order valence-electron chi connectivity index (χ1n) is 9.55. The third kappa shape index (κ3) is 3.60. The Bertz CT molecular complexity index is 334. The molecular weight excluding hydrogens is 268 g/mol. The van der Waals surface area contributed by atoms with E-state index < -0.39 is 0 Å². The van der Waals surface area contributed by atoms with Crippen molar-refractivity contribution in [1.82, 2.24) is 0 Å². The van der Waals surface area contributed by atoms with Crippen molar-refractivity contribution >= 4 is 5.78 Å². The van der Waals surface area contributed by atoms with Crippen LogP contribution >= 0.6 is 0 Å². The molecule has 22 heavy (non-hydrogen) atoms. The molecule has 1 saturated carbocycles. The quantitative estimate of drug-likeness (QED) is 0.615. The fraction of sp³-hybridized carbons (Fsp3) is 0.952. The van der Waals surface area contributed by atoms with E-state index in [1.54, 1.807) is 0 Å². The molecule has 4 unspecified atom stereocenters. The average molecular weight is 309 g/mol. The summed E-state index contributed by atoms with van der Waals surface area (Å²) < 4.78 is 0. The zero-order chi connectivity index (χ0) is 17.4. The number of hydrogen-bond acceptors (Lipinski definition) is 1. The van der Waals surface area contributed by atoms with Crippen LogP contribution in [0.25, 0.3) is 0 Å². The van der Waals surface area contributed by atoms with Crippen LogP contribution in [0.5, 0.6) is 0 Å². The molecule has 0 aromatic heterocycles. The van der Waals surface area contributed by atoms with Gasteiger partial charge in [0, 0.05) is 11.8 Å². The van der Waals surface area contributed by atoms with Gasteiger partial charge in [-0.25, -0.2) is 0 Å². The lowest BCUT2D eigenvalue weighted by Crippen LogP contribution is -2.54. The highest BCUT2D eigenvalue weighted by atomic mass is 16.1. The molecule has 0 aromatic carbocycles. The lowest BCUT2D eigenvalue weighted by molar-refractivity contribution is -0.150. The van der Waals surface area contributed by atoms with E-state index >= 15 is 0 Å². The van der Waals surface area contributed by atoms with Gasteiger partial charge in [-0.2, -0.15) is 0 Å². The van der Waals surface area contributed by atoms with Gasteiger partial charge >= 0.3 is 0 Å². The van der Waals surface area contributed by atoms with Gasteiger partial charge in [0.05, 0.1) is 0 Å². The monoisotopic (exact) mass is 308 g/mol. The Hall–Kier alpha value is -0.330. The highest BCUT2D eigenvalue weighted by molar-refractivity contribution is 5.85. The first-order chi connectivity index (χ1) is 10.0. The van der Waals surface area contributed by atoms with E-state index in [1.807, 2.05) is 0 Å². The first-order valence-corrected chi connectivity index (χ1v) is 9.55. The molecule has 4 atom stereocenters. The predicted molar refractivity (Wildman–Crippen MR) is 96.6 cm³/mol. The van der Waals surface area contributed by atoms with Crippen molar-refractivity contribution in [2.75, 3.05) is 0 Å². The topological polar surface area (TPSA) is 17.1 Å². The van der Waals surface area contributed by atoms with Crippen LogP contribution in [0.2, 0.25) is 0 Å². The highest BCUT2D eigenvalue weighted by Gasteiger charge is 2.53. The molecule has 1 aliphatic carbocycles. The SMILES string of the molecule is CC(C)C1C(=O)C(C(C)C)C(C(C)C)C(C(C)C)C1C(C)C. The third-order valence-corrected chi connectivity index (χ3v) is 6.12. The van der Waals surface area contributed by atoms with Gasteiger partial charge in [-0.1, -0.05) is 69.2 Å². The van der Waals surface area contributed by atoms with Crippen molar-refractivity contribution in [3.63, 3.8) is 0 Å². The normalized spacial score (nSPS) is 33.8. The maximum absolute atomic E-state index is 13.4. The summed E-state index contributed by atoms with van der Waals surface area (Å²) in [6.07, 6.45) is 0. The average Bonchev–Trinajstić information content (AvgIpc) is 2.34. The fourth-order valence-electron chi connectivity index (χ4n) is 5.49. The van der Waals surface area contributed by atoms with Gasteiger partial charge in [0.15, 0.2) is 0 Å². The number of hydrogen-bond donors (Lipinski definition) is 0. The number of ketones is 1. The van der Waals surface area contributed by atoms with E-state index in [0.717, 1.165) is 0 Å². The summed E-state index contributed by atoms with van der Waals surface area (Å²) in [6, 6.07) is 0. The number of Topliss-reactive ketones (excluding diaryl/α,β-unsaturated/α-hetero) is 1. The van der Waals surface area contributed by atoms with Crippen LogP contribution < -0.4 is 0 Å². The second-order valence-electron chi connectivity index (χ2n) is 9.41. The van der Waals surface area contributed by atoms with Gasteiger partial charge in [-0.3, -0.25) is 4.79 Å². The van der Waals surface area contributed by atoms with Crippen molar-refractivity contribution in [2.45, 2.75) is 69.2 Å². The number of carbonyl (C=O) groups is 1. The molecule has 1 fully saturated rings. The Morgan fingerprint density at radius 3 is 0.955 bits per heavy atom. The van der Waals surface area contributed by atoms with E-state index in [4.69, 9.17) is 0 Å². The van der Waals surface area contributed by atoms with Crippen LogP contribution in [0.3, 0.4) is 0 Å². The molecule has 0 heterocycles. The van der Waals surface area contributed by atoms with Gasteiger partial charge in [0.25, 0.3) is 0 Å². The Labute approximate surface area is 139 Å². The molecule has 0 aliphatic heterocycles. The van der Waals surface area contributed by atoms with Gasteiger partial charge in [-0.15, -0.1) is 0 Å². The smallest absolute Gasteiger partial charge is 0.140 e.